The van der Waals surface area contributed by atoms with E-state index in [1.54, 1.807) is 35.2 Å². The van der Waals surface area contributed by atoms with Crippen molar-refractivity contribution in [3.63, 3.8) is 0 Å². The van der Waals surface area contributed by atoms with Gasteiger partial charge in [0.1, 0.15) is 5.75 Å². The van der Waals surface area contributed by atoms with Gasteiger partial charge in [0, 0.05) is 24.8 Å². The van der Waals surface area contributed by atoms with Crippen molar-refractivity contribution in [2.45, 2.75) is 32.1 Å². The predicted octanol–water partition coefficient (Wildman–Crippen LogP) is 3.43. The first-order valence-corrected chi connectivity index (χ1v) is 10.4. The Hall–Kier alpha value is -2.54. The summed E-state index contributed by atoms with van der Waals surface area (Å²) < 4.78 is 33.5. The molecule has 0 fully saturated rings. The summed E-state index contributed by atoms with van der Waals surface area (Å²) in [5.74, 6) is 1.03. The smallest absolute Gasteiger partial charge is 0.261 e. The molecule has 2 aromatic rings. The van der Waals surface area contributed by atoms with Crippen LogP contribution in [0, 0.1) is 5.92 Å². The van der Waals surface area contributed by atoms with Crippen LogP contribution in [0.25, 0.3) is 0 Å². The number of hydrogen-bond acceptors (Lipinski definition) is 4. The Kier molecular flexibility index (Phi) is 5.41. The Morgan fingerprint density at radius 1 is 1.19 bits per heavy atom. The average Bonchev–Trinajstić information content (AvgIpc) is 3.03. The first kappa shape index (κ1) is 19.2. The summed E-state index contributed by atoms with van der Waals surface area (Å²) in [6, 6.07) is 11.6. The number of nitrogens with zero attached hydrogens (tertiary/aromatic N) is 1. The second-order valence-electron chi connectivity index (χ2n) is 7.05. The Balaban J connectivity index is 1.74. The van der Waals surface area contributed by atoms with Crippen molar-refractivity contribution in [3.05, 3.63) is 48.0 Å². The SMILES string of the molecule is CC(=O)N1CCc2cc(NS(=O)(=O)c3ccc(OCC(C)C)cc3)ccc21. The zero-order valence-electron chi connectivity index (χ0n) is 15.7. The quantitative estimate of drug-likeness (QED) is 0.823. The lowest BCUT2D eigenvalue weighted by atomic mass is 10.1. The second-order valence-corrected chi connectivity index (χ2v) is 8.73. The summed E-state index contributed by atoms with van der Waals surface area (Å²) in [5.41, 5.74) is 2.29. The molecule has 144 valence electrons. The number of sulfonamides is 1. The maximum Gasteiger partial charge on any atom is 0.261 e. The molecule has 7 heteroatoms. The fourth-order valence-electron chi connectivity index (χ4n) is 2.98. The van der Waals surface area contributed by atoms with Crippen molar-refractivity contribution in [1.82, 2.24) is 0 Å². The van der Waals surface area contributed by atoms with Crippen LogP contribution in [0.4, 0.5) is 11.4 Å². The normalized spacial score (nSPS) is 13.6. The Morgan fingerprint density at radius 3 is 2.52 bits per heavy atom. The van der Waals surface area contributed by atoms with Crippen LogP contribution in [0.15, 0.2) is 47.4 Å². The molecule has 6 nitrogen and oxygen atoms in total. The highest BCUT2D eigenvalue weighted by molar-refractivity contribution is 7.92. The van der Waals surface area contributed by atoms with E-state index in [1.807, 2.05) is 0 Å². The first-order valence-electron chi connectivity index (χ1n) is 8.93. The van der Waals surface area contributed by atoms with Crippen molar-refractivity contribution < 1.29 is 17.9 Å². The number of rotatable bonds is 6. The second kappa shape index (κ2) is 7.60. The van der Waals surface area contributed by atoms with Gasteiger partial charge in [0.05, 0.1) is 11.5 Å². The average molecular weight is 388 g/mol. The number of carbonyl (C=O) groups is 1. The van der Waals surface area contributed by atoms with Crippen LogP contribution in [0.2, 0.25) is 0 Å². The summed E-state index contributed by atoms with van der Waals surface area (Å²) in [5, 5.41) is 0. The van der Waals surface area contributed by atoms with Crippen LogP contribution in [0.1, 0.15) is 26.3 Å². The highest BCUT2D eigenvalue weighted by Crippen LogP contribution is 2.31. The lowest BCUT2D eigenvalue weighted by Crippen LogP contribution is -2.25. The van der Waals surface area contributed by atoms with Crippen molar-refractivity contribution >= 4 is 27.3 Å². The lowest BCUT2D eigenvalue weighted by Gasteiger charge is -2.15. The van der Waals surface area contributed by atoms with Gasteiger partial charge in [-0.3, -0.25) is 9.52 Å². The van der Waals surface area contributed by atoms with Gasteiger partial charge < -0.3 is 9.64 Å². The molecule has 0 aromatic heterocycles. The molecule has 3 rings (SSSR count). The van der Waals surface area contributed by atoms with E-state index in [4.69, 9.17) is 4.74 Å². The molecule has 1 heterocycles. The Bertz CT molecular complexity index is 937. The molecule has 0 atom stereocenters. The van der Waals surface area contributed by atoms with Crippen LogP contribution in [-0.2, 0) is 21.2 Å². The van der Waals surface area contributed by atoms with E-state index in [0.717, 1.165) is 11.3 Å². The maximum absolute atomic E-state index is 12.6. The maximum atomic E-state index is 12.6. The lowest BCUT2D eigenvalue weighted by molar-refractivity contribution is -0.116. The topological polar surface area (TPSA) is 75.7 Å². The van der Waals surface area contributed by atoms with Crippen LogP contribution in [-0.4, -0.2) is 27.5 Å². The fourth-order valence-corrected chi connectivity index (χ4v) is 4.03. The molecule has 0 aliphatic carbocycles. The molecular weight excluding hydrogens is 364 g/mol. The monoisotopic (exact) mass is 388 g/mol. The highest BCUT2D eigenvalue weighted by atomic mass is 32.2. The van der Waals surface area contributed by atoms with Gasteiger partial charge in [0.15, 0.2) is 0 Å². The molecule has 0 unspecified atom stereocenters. The molecule has 1 aliphatic heterocycles. The standard InChI is InChI=1S/C20H24N2O4S/c1-14(2)13-26-18-5-7-19(8-6-18)27(24,25)21-17-4-9-20-16(12-17)10-11-22(20)15(3)23/h4-9,12,14,21H,10-11,13H2,1-3H3. The molecule has 1 N–H and O–H groups in total. The van der Waals surface area contributed by atoms with Gasteiger partial charge in [-0.15, -0.1) is 0 Å². The number of fused-ring (bicyclic) bond motifs is 1. The van der Waals surface area contributed by atoms with Gasteiger partial charge in [-0.25, -0.2) is 8.42 Å². The number of nitrogens with one attached hydrogen (secondary N) is 1. The molecule has 0 saturated carbocycles. The Labute approximate surface area is 160 Å². The van der Waals surface area contributed by atoms with Crippen molar-refractivity contribution in [2.24, 2.45) is 5.92 Å². The summed E-state index contributed by atoms with van der Waals surface area (Å²) in [6.07, 6.45) is 0.715. The molecule has 0 saturated heterocycles. The highest BCUT2D eigenvalue weighted by Gasteiger charge is 2.23. The minimum absolute atomic E-state index is 0.0122. The van der Waals surface area contributed by atoms with Gasteiger partial charge in [0.2, 0.25) is 5.91 Å². The molecule has 0 spiro atoms. The number of hydrogen-bond donors (Lipinski definition) is 1. The van der Waals surface area contributed by atoms with Crippen molar-refractivity contribution in [3.8, 4) is 5.75 Å². The zero-order valence-corrected chi connectivity index (χ0v) is 16.5. The van der Waals surface area contributed by atoms with E-state index in [9.17, 15) is 13.2 Å². The number of anilines is 2. The minimum Gasteiger partial charge on any atom is -0.493 e. The predicted molar refractivity (Wildman–Crippen MR) is 106 cm³/mol. The van der Waals surface area contributed by atoms with Crippen LogP contribution < -0.4 is 14.4 Å². The van der Waals surface area contributed by atoms with E-state index >= 15 is 0 Å². The van der Waals surface area contributed by atoms with E-state index in [0.29, 0.717) is 36.9 Å². The number of carbonyl (C=O) groups excluding carboxylic acids is 1. The molecular formula is C20H24N2O4S. The van der Waals surface area contributed by atoms with Gasteiger partial charge >= 0.3 is 0 Å². The molecule has 0 bridgehead atoms. The number of amides is 1. The molecule has 1 amide bonds. The zero-order chi connectivity index (χ0) is 19.6. The largest absolute Gasteiger partial charge is 0.493 e. The fraction of sp³-hybridized carbons (Fsp3) is 0.350. The van der Waals surface area contributed by atoms with E-state index in [1.165, 1.54) is 19.1 Å². The van der Waals surface area contributed by atoms with Crippen LogP contribution >= 0.6 is 0 Å². The summed E-state index contributed by atoms with van der Waals surface area (Å²) >= 11 is 0. The summed E-state index contributed by atoms with van der Waals surface area (Å²) in [6.45, 7) is 6.83. The third-order valence-electron chi connectivity index (χ3n) is 4.32. The number of benzene rings is 2. The third-order valence-corrected chi connectivity index (χ3v) is 5.72. The van der Waals surface area contributed by atoms with Gasteiger partial charge in [-0.05, 0) is 60.4 Å². The Morgan fingerprint density at radius 2 is 1.89 bits per heavy atom. The van der Waals surface area contributed by atoms with Crippen LogP contribution in [0.5, 0.6) is 5.75 Å². The summed E-state index contributed by atoms with van der Waals surface area (Å²) in [4.78, 5) is 13.5. The third kappa shape index (κ3) is 4.42. The van der Waals surface area contributed by atoms with E-state index in [2.05, 4.69) is 18.6 Å². The van der Waals surface area contributed by atoms with Crippen LogP contribution in [0.3, 0.4) is 0 Å². The van der Waals surface area contributed by atoms with E-state index in [-0.39, 0.29) is 10.8 Å². The van der Waals surface area contributed by atoms with Gasteiger partial charge in [0.25, 0.3) is 10.0 Å². The molecule has 1 aliphatic rings. The van der Waals surface area contributed by atoms with Crippen molar-refractivity contribution in [1.29, 1.82) is 0 Å². The number of ether oxygens (including phenoxy) is 1. The van der Waals surface area contributed by atoms with Gasteiger partial charge in [-0.1, -0.05) is 13.8 Å². The van der Waals surface area contributed by atoms with Crippen molar-refractivity contribution in [2.75, 3.05) is 22.8 Å². The first-order chi connectivity index (χ1) is 12.8. The molecule has 0 radical (unpaired) electrons. The molecule has 27 heavy (non-hydrogen) atoms. The van der Waals surface area contributed by atoms with E-state index < -0.39 is 10.0 Å². The summed E-state index contributed by atoms with van der Waals surface area (Å²) in [7, 11) is -3.69. The van der Waals surface area contributed by atoms with Gasteiger partial charge in [-0.2, -0.15) is 0 Å². The minimum atomic E-state index is -3.69. The molecule has 2 aromatic carbocycles.